The minimum absolute atomic E-state index is 0.555. The molecule has 0 aromatic heterocycles. The maximum Gasteiger partial charge on any atom is 0.0118 e. The smallest absolute Gasteiger partial charge is 0.0118 e. The number of fused-ring (bicyclic) bond motifs is 2. The molecule has 0 heterocycles. The third kappa shape index (κ3) is 4.70. The summed E-state index contributed by atoms with van der Waals surface area (Å²) in [5.41, 5.74) is 6.15. The fraction of sp³-hybridized carbons (Fsp3) is 0.400. The van der Waals surface area contributed by atoms with Crippen molar-refractivity contribution in [1.29, 1.82) is 0 Å². The molecule has 0 saturated carbocycles. The number of halogens is 2. The molecule has 3 rings (SSSR count). The summed E-state index contributed by atoms with van der Waals surface area (Å²) in [4.78, 5) is 0. The van der Waals surface area contributed by atoms with Crippen LogP contribution < -0.4 is 0 Å². The fourth-order valence-corrected chi connectivity index (χ4v) is 3.29. The summed E-state index contributed by atoms with van der Waals surface area (Å²) in [6.45, 7) is 8.67. The van der Waals surface area contributed by atoms with Crippen molar-refractivity contribution < 1.29 is 0 Å². The van der Waals surface area contributed by atoms with Crippen LogP contribution in [0.25, 0.3) is 0 Å². The van der Waals surface area contributed by atoms with Gasteiger partial charge in [-0.1, -0.05) is 76.2 Å². The zero-order chi connectivity index (χ0) is 16.5. The first-order valence-electron chi connectivity index (χ1n) is 8.07. The van der Waals surface area contributed by atoms with Crippen LogP contribution in [-0.2, 0) is 12.8 Å². The van der Waals surface area contributed by atoms with E-state index in [4.69, 9.17) is 0 Å². The Morgan fingerprint density at radius 3 is 1.50 bits per heavy atom. The second-order valence-corrected chi connectivity index (χ2v) is 5.62. The van der Waals surface area contributed by atoms with Gasteiger partial charge in [0.1, 0.15) is 0 Å². The maximum atomic E-state index is 2.34. The molecular weight excluding hydrogens is 494 g/mol. The highest BCUT2D eigenvalue weighted by Gasteiger charge is 2.25. The maximum absolute atomic E-state index is 2.34. The summed E-state index contributed by atoms with van der Waals surface area (Å²) in [5, 5.41) is 0. The summed E-state index contributed by atoms with van der Waals surface area (Å²) in [5.74, 6) is 1.20. The van der Waals surface area contributed by atoms with E-state index in [2.05, 4.69) is 99.6 Å². The zero-order valence-electron chi connectivity index (χ0n) is 13.9. The molecule has 0 radical (unpaired) electrons. The molecule has 0 aliphatic heterocycles. The molecule has 0 unspecified atom stereocenters. The molecule has 2 heteroatoms. The highest BCUT2D eigenvalue weighted by Crippen LogP contribution is 2.38. The standard InChI is InChI=1S/C18H20.C2H6.I2/c1-13(2)18-16-9-5-3-7-14(16)11-12-15-8-4-6-10-17(15)18;2*1-2/h3-10,13,18H,11-12H2,1-2H3;1-2H3;. The largest absolute Gasteiger partial charge is 0.0683 e. The van der Waals surface area contributed by atoms with Crippen molar-refractivity contribution >= 4 is 37.2 Å². The van der Waals surface area contributed by atoms with Crippen LogP contribution in [0.5, 0.6) is 0 Å². The third-order valence-corrected chi connectivity index (χ3v) is 4.11. The van der Waals surface area contributed by atoms with Gasteiger partial charge < -0.3 is 0 Å². The number of hydrogen-bond donors (Lipinski definition) is 0. The Bertz CT molecular complexity index is 514. The van der Waals surface area contributed by atoms with Crippen molar-refractivity contribution in [3.8, 4) is 0 Å². The summed E-state index contributed by atoms with van der Waals surface area (Å²) in [7, 11) is 0. The predicted octanol–water partition coefficient (Wildman–Crippen LogP) is 7.37. The third-order valence-electron chi connectivity index (χ3n) is 4.11. The van der Waals surface area contributed by atoms with Gasteiger partial charge in [-0.25, -0.2) is 0 Å². The number of hydrogen-bond acceptors (Lipinski definition) is 0. The Morgan fingerprint density at radius 1 is 0.773 bits per heavy atom. The van der Waals surface area contributed by atoms with Crippen molar-refractivity contribution in [1.82, 2.24) is 0 Å². The van der Waals surface area contributed by atoms with E-state index >= 15 is 0 Å². The van der Waals surface area contributed by atoms with E-state index in [0.717, 1.165) is 0 Å². The van der Waals surface area contributed by atoms with E-state index < -0.39 is 0 Å². The van der Waals surface area contributed by atoms with Crippen LogP contribution in [0.2, 0.25) is 0 Å². The average Bonchev–Trinajstić information content (AvgIpc) is 2.75. The van der Waals surface area contributed by atoms with Gasteiger partial charge in [0.25, 0.3) is 0 Å². The Hall–Kier alpha value is -0.1000. The van der Waals surface area contributed by atoms with E-state index in [9.17, 15) is 0 Å². The molecule has 0 amide bonds. The first-order valence-corrected chi connectivity index (χ1v) is 14.4. The minimum Gasteiger partial charge on any atom is -0.0683 e. The summed E-state index contributed by atoms with van der Waals surface area (Å²) in [6.07, 6.45) is 2.35. The van der Waals surface area contributed by atoms with Gasteiger partial charge in [0.2, 0.25) is 0 Å². The molecule has 1 aliphatic rings. The van der Waals surface area contributed by atoms with Crippen molar-refractivity contribution in [3.05, 3.63) is 70.8 Å². The van der Waals surface area contributed by atoms with Crippen LogP contribution in [0.4, 0.5) is 0 Å². The van der Waals surface area contributed by atoms with Gasteiger partial charge in [0.15, 0.2) is 0 Å². The zero-order valence-corrected chi connectivity index (χ0v) is 18.3. The van der Waals surface area contributed by atoms with Gasteiger partial charge in [0.05, 0.1) is 0 Å². The van der Waals surface area contributed by atoms with Crippen LogP contribution in [0.15, 0.2) is 48.5 Å². The van der Waals surface area contributed by atoms with Gasteiger partial charge in [-0.2, -0.15) is 0 Å². The van der Waals surface area contributed by atoms with Crippen LogP contribution in [0.1, 0.15) is 55.9 Å². The lowest BCUT2D eigenvalue weighted by Gasteiger charge is -2.24. The van der Waals surface area contributed by atoms with Gasteiger partial charge in [-0.05, 0) is 41.0 Å². The van der Waals surface area contributed by atoms with E-state index in [1.165, 1.54) is 35.1 Å². The predicted molar refractivity (Wildman–Crippen MR) is 116 cm³/mol. The van der Waals surface area contributed by atoms with Crippen molar-refractivity contribution in [3.63, 3.8) is 0 Å². The monoisotopic (exact) mass is 520 g/mol. The van der Waals surface area contributed by atoms with Crippen LogP contribution in [-0.4, -0.2) is 0 Å². The first kappa shape index (κ1) is 19.9. The SMILES string of the molecule is CC.CC(C)C1c2ccccc2CCc2ccccc21.II. The lowest BCUT2D eigenvalue weighted by molar-refractivity contribution is 0.562. The van der Waals surface area contributed by atoms with E-state index in [0.29, 0.717) is 11.8 Å². The molecule has 0 bridgehead atoms. The van der Waals surface area contributed by atoms with E-state index in [1.807, 2.05) is 13.8 Å². The lowest BCUT2D eigenvalue weighted by atomic mass is 9.80. The van der Waals surface area contributed by atoms with Crippen molar-refractivity contribution in [2.45, 2.75) is 46.5 Å². The molecule has 2 aromatic rings. The molecular formula is C20H26I2. The molecule has 2 aromatic carbocycles. The molecule has 0 spiro atoms. The highest BCUT2D eigenvalue weighted by atomic mass is 128. The Balaban J connectivity index is 0.000000561. The van der Waals surface area contributed by atoms with Gasteiger partial charge in [0, 0.05) is 43.1 Å². The topological polar surface area (TPSA) is 0 Å². The molecule has 0 atom stereocenters. The fourth-order valence-electron chi connectivity index (χ4n) is 3.29. The summed E-state index contributed by atoms with van der Waals surface area (Å²) < 4.78 is 0. The van der Waals surface area contributed by atoms with Crippen molar-refractivity contribution in [2.75, 3.05) is 0 Å². The first-order chi connectivity index (χ1) is 10.8. The molecule has 120 valence electrons. The molecule has 1 aliphatic carbocycles. The Kier molecular flexibility index (Phi) is 9.64. The summed E-state index contributed by atoms with van der Waals surface area (Å²) in [6, 6.07) is 18.0. The highest BCUT2D eigenvalue weighted by molar-refractivity contribution is 15.0. The van der Waals surface area contributed by atoms with Crippen LogP contribution in [0.3, 0.4) is 0 Å². The second-order valence-electron chi connectivity index (χ2n) is 5.62. The number of benzene rings is 2. The minimum atomic E-state index is 0.555. The van der Waals surface area contributed by atoms with Gasteiger partial charge in [-0.3, -0.25) is 0 Å². The molecule has 0 N–H and O–H groups in total. The van der Waals surface area contributed by atoms with Gasteiger partial charge >= 0.3 is 0 Å². The number of aryl methyl sites for hydroxylation is 2. The summed E-state index contributed by atoms with van der Waals surface area (Å²) >= 11 is 4.24. The molecule has 0 saturated heterocycles. The van der Waals surface area contributed by atoms with Crippen molar-refractivity contribution in [2.24, 2.45) is 5.92 Å². The van der Waals surface area contributed by atoms with Crippen LogP contribution >= 0.6 is 37.2 Å². The Morgan fingerprint density at radius 2 is 1.14 bits per heavy atom. The van der Waals surface area contributed by atoms with Gasteiger partial charge in [-0.15, -0.1) is 0 Å². The van der Waals surface area contributed by atoms with E-state index in [-0.39, 0.29) is 0 Å². The molecule has 22 heavy (non-hydrogen) atoms. The second kappa shape index (κ2) is 10.6. The molecule has 0 nitrogen and oxygen atoms in total. The average molecular weight is 520 g/mol. The van der Waals surface area contributed by atoms with Crippen LogP contribution in [0, 0.1) is 5.92 Å². The number of rotatable bonds is 1. The Labute approximate surface area is 159 Å². The quantitative estimate of drug-likeness (QED) is 0.345. The normalized spacial score (nSPS) is 12.9. The lowest BCUT2D eigenvalue weighted by Crippen LogP contribution is -2.10. The molecule has 0 fully saturated rings. The van der Waals surface area contributed by atoms with E-state index in [1.54, 1.807) is 0 Å².